The standard InChI is InChI=1S/C27H28F2N2O2S/c1-26(2)27(3,20-8-6-7-19(17-20)18-11-13-21(28)14-12-18)34-31-25(33-26)30-24(15-16-32)22-9-4-5-10-23(22)29/h4-14,17,24,32H,15-16H2,1-3H3,(H,30,31)/t24-,27?/m0/s1. The van der Waals surface area contributed by atoms with Crippen molar-refractivity contribution in [2.45, 2.75) is 43.6 Å². The first-order chi connectivity index (χ1) is 16.2. The molecule has 1 unspecified atom stereocenters. The summed E-state index contributed by atoms with van der Waals surface area (Å²) in [6.07, 6.45) is 0.275. The Morgan fingerprint density at radius 1 is 0.971 bits per heavy atom. The van der Waals surface area contributed by atoms with E-state index in [2.05, 4.69) is 22.7 Å². The number of nitrogens with zero attached hydrogens (tertiary/aromatic N) is 1. The summed E-state index contributed by atoms with van der Waals surface area (Å²) in [5, 5.41) is 9.51. The van der Waals surface area contributed by atoms with E-state index in [0.29, 0.717) is 11.6 Å². The quantitative estimate of drug-likeness (QED) is 0.401. The van der Waals surface area contributed by atoms with Gasteiger partial charge in [0, 0.05) is 12.2 Å². The predicted octanol–water partition coefficient (Wildman–Crippen LogP) is 6.37. The molecule has 2 atom stereocenters. The summed E-state index contributed by atoms with van der Waals surface area (Å²) >= 11 is 1.48. The number of rotatable bonds is 6. The van der Waals surface area contributed by atoms with Crippen LogP contribution in [-0.2, 0) is 9.48 Å². The molecular weight excluding hydrogens is 454 g/mol. The number of aliphatic hydroxyl groups excluding tert-OH is 1. The van der Waals surface area contributed by atoms with Crippen LogP contribution in [0.1, 0.15) is 44.4 Å². The highest BCUT2D eigenvalue weighted by Gasteiger charge is 2.50. The molecule has 1 heterocycles. The SMILES string of the molecule is CC1(C)OC(=N[C@@H](CCO)c2ccccc2F)NSC1(C)c1cccc(-c2ccc(F)cc2)c1. The van der Waals surface area contributed by atoms with E-state index in [1.165, 1.54) is 30.1 Å². The zero-order valence-corrected chi connectivity index (χ0v) is 20.2. The van der Waals surface area contributed by atoms with Crippen LogP contribution in [0.4, 0.5) is 8.78 Å². The topological polar surface area (TPSA) is 53.9 Å². The second-order valence-electron chi connectivity index (χ2n) is 8.92. The van der Waals surface area contributed by atoms with Crippen LogP contribution in [0.5, 0.6) is 0 Å². The highest BCUT2D eigenvalue weighted by atomic mass is 32.2. The fraction of sp³-hybridized carbons (Fsp3) is 0.296. The molecule has 0 aliphatic carbocycles. The van der Waals surface area contributed by atoms with Gasteiger partial charge >= 0.3 is 0 Å². The molecule has 1 aliphatic heterocycles. The Labute approximate surface area is 203 Å². The monoisotopic (exact) mass is 482 g/mol. The van der Waals surface area contributed by atoms with E-state index in [9.17, 15) is 13.9 Å². The molecule has 34 heavy (non-hydrogen) atoms. The number of nitrogens with one attached hydrogen (secondary N) is 1. The minimum absolute atomic E-state index is 0.125. The molecule has 0 amide bonds. The normalized spacial score (nSPS) is 21.5. The van der Waals surface area contributed by atoms with Crippen LogP contribution >= 0.6 is 11.9 Å². The summed E-state index contributed by atoms with van der Waals surface area (Å²) in [6, 6.07) is 20.7. The van der Waals surface area contributed by atoms with Gasteiger partial charge in [-0.25, -0.2) is 13.8 Å². The lowest BCUT2D eigenvalue weighted by Gasteiger charge is -2.47. The molecule has 0 radical (unpaired) electrons. The molecule has 1 aliphatic rings. The maximum absolute atomic E-state index is 14.4. The van der Waals surface area contributed by atoms with Crippen LogP contribution in [0.15, 0.2) is 77.8 Å². The highest BCUT2D eigenvalue weighted by Crippen LogP contribution is 2.49. The molecule has 0 spiro atoms. The third-order valence-electron chi connectivity index (χ3n) is 6.37. The van der Waals surface area contributed by atoms with Crippen LogP contribution < -0.4 is 4.72 Å². The third kappa shape index (κ3) is 4.81. The first-order valence-corrected chi connectivity index (χ1v) is 12.0. The Morgan fingerprint density at radius 3 is 2.38 bits per heavy atom. The first-order valence-electron chi connectivity index (χ1n) is 11.2. The van der Waals surface area contributed by atoms with Gasteiger partial charge in [-0.05, 0) is 80.1 Å². The molecule has 1 saturated heterocycles. The van der Waals surface area contributed by atoms with Crippen molar-refractivity contribution in [3.63, 3.8) is 0 Å². The second-order valence-corrected chi connectivity index (χ2v) is 10.1. The number of hydrogen-bond acceptors (Lipinski definition) is 4. The van der Waals surface area contributed by atoms with Crippen LogP contribution in [0.2, 0.25) is 0 Å². The van der Waals surface area contributed by atoms with Crippen LogP contribution in [0.25, 0.3) is 11.1 Å². The van der Waals surface area contributed by atoms with Crippen molar-refractivity contribution < 1.29 is 18.6 Å². The number of amidine groups is 1. The predicted molar refractivity (Wildman–Crippen MR) is 133 cm³/mol. The Hall–Kier alpha value is -2.90. The van der Waals surface area contributed by atoms with E-state index in [0.717, 1.165) is 16.7 Å². The Morgan fingerprint density at radius 2 is 1.71 bits per heavy atom. The average molecular weight is 483 g/mol. The van der Waals surface area contributed by atoms with E-state index >= 15 is 0 Å². The number of aliphatic imine (C=N–C) groups is 1. The van der Waals surface area contributed by atoms with E-state index in [1.807, 2.05) is 32.0 Å². The molecule has 7 heteroatoms. The van der Waals surface area contributed by atoms with E-state index in [4.69, 9.17) is 4.74 Å². The maximum Gasteiger partial charge on any atom is 0.296 e. The van der Waals surface area contributed by atoms with Crippen molar-refractivity contribution in [1.29, 1.82) is 0 Å². The Bertz CT molecular complexity index is 1180. The molecule has 178 valence electrons. The summed E-state index contributed by atoms with van der Waals surface area (Å²) in [5.74, 6) is -0.634. The van der Waals surface area contributed by atoms with E-state index in [1.54, 1.807) is 30.3 Å². The molecule has 1 fully saturated rings. The Kier molecular flexibility index (Phi) is 6.96. The van der Waals surface area contributed by atoms with Gasteiger partial charge in [0.25, 0.3) is 6.02 Å². The fourth-order valence-electron chi connectivity index (χ4n) is 4.02. The molecule has 0 saturated carbocycles. The average Bonchev–Trinajstić information content (AvgIpc) is 2.82. The number of benzene rings is 3. The summed E-state index contributed by atoms with van der Waals surface area (Å²) in [4.78, 5) is 4.61. The van der Waals surface area contributed by atoms with Crippen LogP contribution in [0.3, 0.4) is 0 Å². The van der Waals surface area contributed by atoms with Gasteiger partial charge in [0.05, 0.1) is 10.8 Å². The number of ether oxygens (including phenoxy) is 1. The van der Waals surface area contributed by atoms with Crippen molar-refractivity contribution in [2.75, 3.05) is 6.61 Å². The van der Waals surface area contributed by atoms with Gasteiger partial charge in [0.2, 0.25) is 0 Å². The first kappa shape index (κ1) is 24.2. The highest BCUT2D eigenvalue weighted by molar-refractivity contribution is 7.99. The number of hydrogen-bond donors (Lipinski definition) is 2. The lowest BCUT2D eigenvalue weighted by Crippen LogP contribution is -2.54. The van der Waals surface area contributed by atoms with E-state index in [-0.39, 0.29) is 24.7 Å². The lowest BCUT2D eigenvalue weighted by molar-refractivity contribution is 0.0446. The van der Waals surface area contributed by atoms with Crippen molar-refractivity contribution in [1.82, 2.24) is 4.72 Å². The largest absolute Gasteiger partial charge is 0.457 e. The van der Waals surface area contributed by atoms with Gasteiger partial charge < -0.3 is 9.84 Å². The molecular formula is C27H28F2N2O2S. The van der Waals surface area contributed by atoms with Gasteiger partial charge in [-0.15, -0.1) is 0 Å². The molecule has 3 aromatic rings. The van der Waals surface area contributed by atoms with Gasteiger partial charge in [0.1, 0.15) is 17.2 Å². The molecule has 4 rings (SSSR count). The maximum atomic E-state index is 14.4. The molecule has 0 aromatic heterocycles. The minimum Gasteiger partial charge on any atom is -0.457 e. The molecule has 2 N–H and O–H groups in total. The van der Waals surface area contributed by atoms with E-state index < -0.39 is 16.4 Å². The smallest absolute Gasteiger partial charge is 0.296 e. The Balaban J connectivity index is 1.62. The number of halogens is 2. The molecule has 3 aromatic carbocycles. The minimum atomic E-state index is -0.678. The van der Waals surface area contributed by atoms with Crippen molar-refractivity contribution in [3.8, 4) is 11.1 Å². The van der Waals surface area contributed by atoms with Crippen molar-refractivity contribution >= 4 is 18.0 Å². The van der Waals surface area contributed by atoms with Crippen LogP contribution in [-0.4, -0.2) is 23.3 Å². The van der Waals surface area contributed by atoms with Gasteiger partial charge in [-0.1, -0.05) is 48.5 Å². The molecule has 4 nitrogen and oxygen atoms in total. The summed E-state index contributed by atoms with van der Waals surface area (Å²) in [6.45, 7) is 5.95. The summed E-state index contributed by atoms with van der Waals surface area (Å²) in [7, 11) is 0. The molecule has 0 bridgehead atoms. The number of aliphatic hydroxyl groups is 1. The van der Waals surface area contributed by atoms with Gasteiger partial charge in [-0.3, -0.25) is 4.72 Å². The second kappa shape index (κ2) is 9.76. The zero-order chi connectivity index (χ0) is 24.3. The third-order valence-corrected chi connectivity index (χ3v) is 7.79. The van der Waals surface area contributed by atoms with Gasteiger partial charge in [0.15, 0.2) is 0 Å². The van der Waals surface area contributed by atoms with Gasteiger partial charge in [-0.2, -0.15) is 0 Å². The van der Waals surface area contributed by atoms with Crippen molar-refractivity contribution in [3.05, 3.63) is 95.6 Å². The lowest BCUT2D eigenvalue weighted by atomic mass is 9.83. The fourth-order valence-corrected chi connectivity index (χ4v) is 4.94. The summed E-state index contributed by atoms with van der Waals surface area (Å²) < 4.78 is 36.8. The summed E-state index contributed by atoms with van der Waals surface area (Å²) in [5.41, 5.74) is 2.69. The van der Waals surface area contributed by atoms with Crippen LogP contribution in [0, 0.1) is 11.6 Å². The van der Waals surface area contributed by atoms with Crippen molar-refractivity contribution in [2.24, 2.45) is 4.99 Å². The zero-order valence-electron chi connectivity index (χ0n) is 19.4.